The van der Waals surface area contributed by atoms with E-state index in [2.05, 4.69) is 40.9 Å². The highest BCUT2D eigenvalue weighted by atomic mass is 32.1. The van der Waals surface area contributed by atoms with E-state index in [-0.39, 0.29) is 17.8 Å². The summed E-state index contributed by atoms with van der Waals surface area (Å²) in [6.07, 6.45) is 1.60. The monoisotopic (exact) mass is 530 g/mol. The van der Waals surface area contributed by atoms with E-state index in [0.717, 1.165) is 54.0 Å². The van der Waals surface area contributed by atoms with E-state index in [9.17, 15) is 18.3 Å². The van der Waals surface area contributed by atoms with Gasteiger partial charge in [0.25, 0.3) is 0 Å². The van der Waals surface area contributed by atoms with Gasteiger partial charge in [0.2, 0.25) is 5.95 Å². The number of aromatic amines is 1. The first kappa shape index (κ1) is 25.2. The van der Waals surface area contributed by atoms with Gasteiger partial charge in [-0.3, -0.25) is 0 Å². The van der Waals surface area contributed by atoms with Gasteiger partial charge in [-0.15, -0.1) is 21.5 Å². The van der Waals surface area contributed by atoms with Crippen molar-refractivity contribution in [3.63, 3.8) is 0 Å². The lowest BCUT2D eigenvalue weighted by atomic mass is 9.74. The van der Waals surface area contributed by atoms with Crippen molar-refractivity contribution < 1.29 is 18.3 Å². The summed E-state index contributed by atoms with van der Waals surface area (Å²) < 4.78 is 39.1. The van der Waals surface area contributed by atoms with Crippen molar-refractivity contribution in [2.75, 3.05) is 5.32 Å². The molecule has 5 rings (SSSR count). The number of nitrogens with zero attached hydrogens (tertiary/aromatic N) is 6. The van der Waals surface area contributed by atoms with Crippen molar-refractivity contribution in [2.24, 2.45) is 5.92 Å². The molecule has 1 aliphatic carbocycles. The fourth-order valence-electron chi connectivity index (χ4n) is 4.78. The molecule has 0 aliphatic heterocycles. The number of anilines is 2. The Morgan fingerprint density at radius 2 is 1.89 bits per heavy atom. The normalized spacial score (nSPS) is 19.9. The van der Waals surface area contributed by atoms with Crippen LogP contribution in [0.1, 0.15) is 60.6 Å². The molecule has 3 heterocycles. The number of H-pyrrole nitrogens is 1. The van der Waals surface area contributed by atoms with Gasteiger partial charge < -0.3 is 10.4 Å². The van der Waals surface area contributed by atoms with Crippen LogP contribution in [-0.4, -0.2) is 40.7 Å². The highest BCUT2D eigenvalue weighted by Crippen LogP contribution is 2.45. The number of tetrazole rings is 1. The van der Waals surface area contributed by atoms with Crippen LogP contribution in [0.15, 0.2) is 36.7 Å². The van der Waals surface area contributed by atoms with Gasteiger partial charge in [0.05, 0.1) is 4.88 Å². The van der Waals surface area contributed by atoms with E-state index < -0.39 is 17.5 Å². The second-order valence-corrected chi connectivity index (χ2v) is 10.5. The minimum absolute atomic E-state index is 0.0439. The van der Waals surface area contributed by atoms with E-state index in [1.54, 1.807) is 18.3 Å². The molecule has 1 fully saturated rings. The summed E-state index contributed by atoms with van der Waals surface area (Å²) in [7, 11) is 0. The van der Waals surface area contributed by atoms with Crippen LogP contribution in [0.4, 0.5) is 24.8 Å². The molecular formula is C24H25F3N8OS. The second-order valence-electron chi connectivity index (χ2n) is 9.47. The fourth-order valence-corrected chi connectivity index (χ4v) is 5.80. The summed E-state index contributed by atoms with van der Waals surface area (Å²) in [5.41, 5.74) is 0.166. The summed E-state index contributed by atoms with van der Waals surface area (Å²) in [5.74, 6) is 0.851. The zero-order chi connectivity index (χ0) is 26.2. The zero-order valence-corrected chi connectivity index (χ0v) is 20.9. The smallest absolute Gasteiger partial charge is 0.383 e. The van der Waals surface area contributed by atoms with Crippen LogP contribution in [0.5, 0.6) is 0 Å². The molecule has 1 aliphatic rings. The molecule has 3 aromatic heterocycles. The summed E-state index contributed by atoms with van der Waals surface area (Å²) in [6, 6.07) is 6.39. The molecule has 1 atom stereocenters. The first-order valence-corrected chi connectivity index (χ1v) is 12.6. The van der Waals surface area contributed by atoms with Crippen molar-refractivity contribution in [3.05, 3.63) is 58.7 Å². The molecule has 0 amide bonds. The fraction of sp³-hybridized carbons (Fsp3) is 0.417. The van der Waals surface area contributed by atoms with Gasteiger partial charge in [-0.05, 0) is 74.8 Å². The Bertz CT molecular complexity index is 1360. The quantitative estimate of drug-likeness (QED) is 0.304. The Balaban J connectivity index is 1.32. The van der Waals surface area contributed by atoms with Gasteiger partial charge in [0.15, 0.2) is 5.82 Å². The Morgan fingerprint density at radius 3 is 2.59 bits per heavy atom. The summed E-state index contributed by atoms with van der Waals surface area (Å²) in [6.45, 7) is 3.70. The molecule has 194 valence electrons. The molecule has 13 heteroatoms. The molecule has 0 saturated heterocycles. The van der Waals surface area contributed by atoms with E-state index in [1.807, 2.05) is 19.9 Å². The third-order valence-electron chi connectivity index (χ3n) is 6.75. The van der Waals surface area contributed by atoms with Gasteiger partial charge in [-0.1, -0.05) is 11.3 Å². The largest absolute Gasteiger partial charge is 0.433 e. The number of thiazole rings is 1. The Hall–Kier alpha value is -3.45. The lowest BCUT2D eigenvalue weighted by molar-refractivity contribution is -0.141. The van der Waals surface area contributed by atoms with Gasteiger partial charge >= 0.3 is 6.18 Å². The van der Waals surface area contributed by atoms with Crippen molar-refractivity contribution in [3.8, 4) is 10.4 Å². The van der Waals surface area contributed by atoms with Gasteiger partial charge in [-0.2, -0.15) is 18.4 Å². The lowest BCUT2D eigenvalue weighted by Crippen LogP contribution is -2.34. The third kappa shape index (κ3) is 5.47. The molecule has 0 radical (unpaired) electrons. The molecular weight excluding hydrogens is 505 g/mol. The number of hydrogen-bond acceptors (Lipinski definition) is 9. The molecule has 3 N–H and O–H groups in total. The first-order chi connectivity index (χ1) is 17.6. The SMILES string of the molecule is Cc1cc(Nc2nccc(C(F)(F)F)n2)cc(-c2cnc([C@](C)(O)C3CCC(c4nn[nH]n4)CC3)s2)c1. The van der Waals surface area contributed by atoms with Crippen LogP contribution < -0.4 is 5.32 Å². The Labute approximate surface area is 214 Å². The minimum Gasteiger partial charge on any atom is -0.383 e. The van der Waals surface area contributed by atoms with Gasteiger partial charge in [0, 0.05) is 24.0 Å². The number of aryl methyl sites for hydroxylation is 1. The van der Waals surface area contributed by atoms with Crippen molar-refractivity contribution in [2.45, 2.75) is 57.2 Å². The molecule has 9 nitrogen and oxygen atoms in total. The predicted octanol–water partition coefficient (Wildman–Crippen LogP) is 5.37. The van der Waals surface area contributed by atoms with Crippen LogP contribution >= 0.6 is 11.3 Å². The Kier molecular flexibility index (Phi) is 6.67. The van der Waals surface area contributed by atoms with Crippen LogP contribution in [0.2, 0.25) is 0 Å². The van der Waals surface area contributed by atoms with Crippen molar-refractivity contribution >= 4 is 23.0 Å². The maximum Gasteiger partial charge on any atom is 0.433 e. The highest BCUT2D eigenvalue weighted by Gasteiger charge is 2.39. The number of nitrogens with one attached hydrogen (secondary N) is 2. The van der Waals surface area contributed by atoms with Crippen LogP contribution in [0, 0.1) is 12.8 Å². The van der Waals surface area contributed by atoms with Crippen LogP contribution in [0.3, 0.4) is 0 Å². The van der Waals surface area contributed by atoms with E-state index >= 15 is 0 Å². The molecule has 1 aromatic carbocycles. The maximum atomic E-state index is 13.0. The standard InChI is InChI=1S/C24H25F3N8OS/c1-13-9-15(11-17(10-13)30-22-28-8-7-19(31-22)24(25,26)27)18-12-29-21(37-18)23(2,36)16-5-3-14(4-6-16)20-32-34-35-33-20/h7-12,14,16,36H,3-6H2,1-2H3,(H,28,30,31)(H,32,33,34,35)/t14?,16?,23-/m1/s1. The number of benzene rings is 1. The highest BCUT2D eigenvalue weighted by molar-refractivity contribution is 7.15. The van der Waals surface area contributed by atoms with Gasteiger partial charge in [-0.25, -0.2) is 15.0 Å². The first-order valence-electron chi connectivity index (χ1n) is 11.8. The van der Waals surface area contributed by atoms with E-state index in [4.69, 9.17) is 0 Å². The topological polar surface area (TPSA) is 125 Å². The number of alkyl halides is 3. The average Bonchev–Trinajstić information content (AvgIpc) is 3.57. The average molecular weight is 531 g/mol. The number of hydrogen-bond donors (Lipinski definition) is 3. The zero-order valence-electron chi connectivity index (χ0n) is 20.1. The predicted molar refractivity (Wildman–Crippen MR) is 131 cm³/mol. The van der Waals surface area contributed by atoms with Crippen LogP contribution in [-0.2, 0) is 11.8 Å². The van der Waals surface area contributed by atoms with Crippen molar-refractivity contribution in [1.82, 2.24) is 35.6 Å². The molecule has 37 heavy (non-hydrogen) atoms. The maximum absolute atomic E-state index is 13.0. The number of halogens is 3. The van der Waals surface area contributed by atoms with E-state index in [1.165, 1.54) is 11.3 Å². The summed E-state index contributed by atoms with van der Waals surface area (Å²) >= 11 is 1.41. The third-order valence-corrected chi connectivity index (χ3v) is 8.02. The number of rotatable bonds is 6. The molecule has 0 unspecified atom stereocenters. The van der Waals surface area contributed by atoms with E-state index in [0.29, 0.717) is 16.5 Å². The molecule has 1 saturated carbocycles. The second kappa shape index (κ2) is 9.78. The minimum atomic E-state index is -4.56. The summed E-state index contributed by atoms with van der Waals surface area (Å²) in [4.78, 5) is 12.9. The van der Waals surface area contributed by atoms with Crippen LogP contribution in [0.25, 0.3) is 10.4 Å². The number of aromatic nitrogens is 7. The van der Waals surface area contributed by atoms with Gasteiger partial charge in [0.1, 0.15) is 16.3 Å². The Morgan fingerprint density at radius 1 is 1.11 bits per heavy atom. The lowest BCUT2D eigenvalue weighted by Gasteiger charge is -2.36. The molecule has 0 bridgehead atoms. The summed E-state index contributed by atoms with van der Waals surface area (Å²) in [5, 5.41) is 29.3. The number of aliphatic hydroxyl groups is 1. The molecule has 4 aromatic rings. The molecule has 0 spiro atoms. The van der Waals surface area contributed by atoms with Crippen molar-refractivity contribution in [1.29, 1.82) is 0 Å².